The summed E-state index contributed by atoms with van der Waals surface area (Å²) in [6.07, 6.45) is 10.9. The molecule has 2 unspecified atom stereocenters. The lowest BCUT2D eigenvalue weighted by molar-refractivity contribution is 0.0594. The Bertz CT molecular complexity index is 597. The van der Waals surface area contributed by atoms with Crippen LogP contribution in [0, 0.1) is 0 Å². The fraction of sp³-hybridized carbons (Fsp3) is 0.471. The lowest BCUT2D eigenvalue weighted by atomic mass is 9.93. The van der Waals surface area contributed by atoms with Gasteiger partial charge in [0.05, 0.1) is 13.2 Å². The number of rotatable bonds is 4. The van der Waals surface area contributed by atoms with Crippen molar-refractivity contribution in [1.82, 2.24) is 4.98 Å². The molecule has 4 heteroatoms. The number of hydrogen-bond donors (Lipinski definition) is 1. The van der Waals surface area contributed by atoms with E-state index in [1.165, 1.54) is 23.9 Å². The number of carbonyl (C=O) groups is 1. The van der Waals surface area contributed by atoms with Crippen molar-refractivity contribution in [2.24, 2.45) is 0 Å². The van der Waals surface area contributed by atoms with Gasteiger partial charge in [0.1, 0.15) is 5.69 Å². The first-order chi connectivity index (χ1) is 10.2. The molecule has 0 amide bonds. The predicted molar refractivity (Wildman–Crippen MR) is 80.4 cm³/mol. The largest absolute Gasteiger partial charge is 0.464 e. The fourth-order valence-corrected chi connectivity index (χ4v) is 3.28. The molecule has 0 spiro atoms. The molecule has 2 aliphatic carbocycles. The lowest BCUT2D eigenvalue weighted by Crippen LogP contribution is -2.10. The number of allylic oxidation sites excluding steroid dienone is 2. The molecule has 2 aliphatic rings. The van der Waals surface area contributed by atoms with Gasteiger partial charge >= 0.3 is 5.97 Å². The Morgan fingerprint density at radius 1 is 1.43 bits per heavy atom. The third kappa shape index (κ3) is 2.81. The van der Waals surface area contributed by atoms with Crippen molar-refractivity contribution in [3.8, 4) is 0 Å². The first-order valence-corrected chi connectivity index (χ1v) is 7.41. The first-order valence-electron chi connectivity index (χ1n) is 7.41. The summed E-state index contributed by atoms with van der Waals surface area (Å²) in [5, 5.41) is 0. The fourth-order valence-electron chi connectivity index (χ4n) is 3.28. The standard InChI is InChI=1S/C17H21NO3/c1-20-14-5-3-4-11(9-14)8-12-6-7-13-10-15(17(19)21-2)18-16(12)13/h3-4,9-10,12,14,18H,5-8H2,1-2H3. The summed E-state index contributed by atoms with van der Waals surface area (Å²) in [6.45, 7) is 0. The molecule has 0 aliphatic heterocycles. The van der Waals surface area contributed by atoms with Gasteiger partial charge in [0, 0.05) is 18.7 Å². The van der Waals surface area contributed by atoms with Crippen LogP contribution in [0.5, 0.6) is 0 Å². The maximum atomic E-state index is 11.6. The highest BCUT2D eigenvalue weighted by atomic mass is 16.5. The number of esters is 1. The molecule has 21 heavy (non-hydrogen) atoms. The molecule has 0 aromatic carbocycles. The number of ether oxygens (including phenoxy) is 2. The molecule has 0 radical (unpaired) electrons. The van der Waals surface area contributed by atoms with Crippen LogP contribution in [-0.2, 0) is 15.9 Å². The third-order valence-electron chi connectivity index (χ3n) is 4.39. The summed E-state index contributed by atoms with van der Waals surface area (Å²) in [4.78, 5) is 14.9. The zero-order valence-electron chi connectivity index (χ0n) is 12.5. The summed E-state index contributed by atoms with van der Waals surface area (Å²) in [6, 6.07) is 1.93. The van der Waals surface area contributed by atoms with Crippen molar-refractivity contribution < 1.29 is 14.3 Å². The summed E-state index contributed by atoms with van der Waals surface area (Å²) in [7, 11) is 3.16. The molecule has 1 aromatic rings. The Morgan fingerprint density at radius 2 is 2.29 bits per heavy atom. The maximum absolute atomic E-state index is 11.6. The van der Waals surface area contributed by atoms with Gasteiger partial charge in [-0.15, -0.1) is 0 Å². The van der Waals surface area contributed by atoms with E-state index in [2.05, 4.69) is 23.2 Å². The zero-order valence-corrected chi connectivity index (χ0v) is 12.5. The highest BCUT2D eigenvalue weighted by Crippen LogP contribution is 2.38. The molecule has 0 saturated heterocycles. The van der Waals surface area contributed by atoms with Crippen LogP contribution in [0.15, 0.2) is 29.9 Å². The summed E-state index contributed by atoms with van der Waals surface area (Å²) >= 11 is 0. The average Bonchev–Trinajstić information content (AvgIpc) is 3.09. The Labute approximate surface area is 124 Å². The van der Waals surface area contributed by atoms with Gasteiger partial charge in [-0.05, 0) is 42.9 Å². The number of nitrogens with one attached hydrogen (secondary N) is 1. The van der Waals surface area contributed by atoms with Crippen LogP contribution in [0.2, 0.25) is 0 Å². The molecule has 4 nitrogen and oxygen atoms in total. The molecule has 0 bridgehead atoms. The number of fused-ring (bicyclic) bond motifs is 1. The minimum atomic E-state index is -0.292. The SMILES string of the molecule is COC(=O)c1cc2c([nH]1)C(CC1=CC(OC)CC=C1)CC2. The van der Waals surface area contributed by atoms with Crippen LogP contribution in [-0.4, -0.2) is 31.3 Å². The van der Waals surface area contributed by atoms with Crippen molar-refractivity contribution in [2.45, 2.75) is 37.7 Å². The van der Waals surface area contributed by atoms with E-state index < -0.39 is 0 Å². The predicted octanol–water partition coefficient (Wildman–Crippen LogP) is 3.12. The normalized spacial score (nSPS) is 23.8. The number of carbonyl (C=O) groups excluding carboxylic acids is 1. The van der Waals surface area contributed by atoms with Gasteiger partial charge in [-0.1, -0.05) is 18.2 Å². The van der Waals surface area contributed by atoms with Gasteiger partial charge in [0.2, 0.25) is 0 Å². The van der Waals surface area contributed by atoms with E-state index in [1.54, 1.807) is 7.11 Å². The van der Waals surface area contributed by atoms with E-state index in [0.29, 0.717) is 11.6 Å². The van der Waals surface area contributed by atoms with Crippen molar-refractivity contribution in [3.63, 3.8) is 0 Å². The van der Waals surface area contributed by atoms with E-state index in [9.17, 15) is 4.79 Å². The van der Waals surface area contributed by atoms with Crippen molar-refractivity contribution >= 4 is 5.97 Å². The maximum Gasteiger partial charge on any atom is 0.354 e. The molecule has 112 valence electrons. The van der Waals surface area contributed by atoms with Crippen molar-refractivity contribution in [1.29, 1.82) is 0 Å². The molecular weight excluding hydrogens is 266 g/mol. The lowest BCUT2D eigenvalue weighted by Gasteiger charge is -2.18. The second-order valence-electron chi connectivity index (χ2n) is 5.71. The van der Waals surface area contributed by atoms with Gasteiger partial charge in [-0.3, -0.25) is 0 Å². The molecular formula is C17H21NO3. The number of hydrogen-bond acceptors (Lipinski definition) is 3. The number of aromatic amines is 1. The summed E-state index contributed by atoms with van der Waals surface area (Å²) < 4.78 is 10.2. The van der Waals surface area contributed by atoms with Crippen molar-refractivity contribution in [3.05, 3.63) is 46.8 Å². The number of aryl methyl sites for hydroxylation is 1. The zero-order chi connectivity index (χ0) is 14.8. The van der Waals surface area contributed by atoms with Crippen LogP contribution >= 0.6 is 0 Å². The van der Waals surface area contributed by atoms with Gasteiger partial charge in [0.25, 0.3) is 0 Å². The Kier molecular flexibility index (Phi) is 3.97. The molecule has 1 aromatic heterocycles. The van der Waals surface area contributed by atoms with Crippen LogP contribution < -0.4 is 0 Å². The third-order valence-corrected chi connectivity index (χ3v) is 4.39. The summed E-state index contributed by atoms with van der Waals surface area (Å²) in [5.41, 5.74) is 4.34. The minimum Gasteiger partial charge on any atom is -0.464 e. The number of methoxy groups -OCH3 is 2. The smallest absolute Gasteiger partial charge is 0.354 e. The molecule has 1 N–H and O–H groups in total. The van der Waals surface area contributed by atoms with Crippen molar-refractivity contribution in [2.75, 3.05) is 14.2 Å². The second kappa shape index (κ2) is 5.90. The quantitative estimate of drug-likeness (QED) is 0.866. The minimum absolute atomic E-state index is 0.195. The Morgan fingerprint density at radius 3 is 3.05 bits per heavy atom. The van der Waals surface area contributed by atoms with E-state index in [0.717, 1.165) is 25.7 Å². The first kappa shape index (κ1) is 14.1. The van der Waals surface area contributed by atoms with Gasteiger partial charge in [-0.25, -0.2) is 4.79 Å². The molecule has 2 atom stereocenters. The number of aromatic nitrogens is 1. The Balaban J connectivity index is 1.75. The van der Waals surface area contributed by atoms with E-state index in [1.807, 2.05) is 6.07 Å². The molecule has 3 rings (SSSR count). The number of H-pyrrole nitrogens is 1. The monoisotopic (exact) mass is 287 g/mol. The Hall–Kier alpha value is -1.81. The molecule has 1 heterocycles. The summed E-state index contributed by atoms with van der Waals surface area (Å²) in [5.74, 6) is 0.157. The molecule has 0 saturated carbocycles. The highest BCUT2D eigenvalue weighted by Gasteiger charge is 2.27. The van der Waals surface area contributed by atoms with E-state index in [-0.39, 0.29) is 12.1 Å². The van der Waals surface area contributed by atoms with Crippen LogP contribution in [0.1, 0.15) is 46.9 Å². The van der Waals surface area contributed by atoms with Gasteiger partial charge in [0.15, 0.2) is 0 Å². The van der Waals surface area contributed by atoms with Crippen LogP contribution in [0.4, 0.5) is 0 Å². The average molecular weight is 287 g/mol. The van der Waals surface area contributed by atoms with Gasteiger partial charge in [-0.2, -0.15) is 0 Å². The van der Waals surface area contributed by atoms with Crippen LogP contribution in [0.3, 0.4) is 0 Å². The van der Waals surface area contributed by atoms with Crippen LogP contribution in [0.25, 0.3) is 0 Å². The van der Waals surface area contributed by atoms with E-state index in [4.69, 9.17) is 9.47 Å². The molecule has 0 fully saturated rings. The topological polar surface area (TPSA) is 51.3 Å². The highest BCUT2D eigenvalue weighted by molar-refractivity contribution is 5.87. The van der Waals surface area contributed by atoms with Gasteiger partial charge < -0.3 is 14.5 Å². The second-order valence-corrected chi connectivity index (χ2v) is 5.71. The van der Waals surface area contributed by atoms with E-state index >= 15 is 0 Å².